The smallest absolute Gasteiger partial charge is 0.379 e. The molecule has 0 saturated carbocycles. The van der Waals surface area contributed by atoms with Crippen molar-refractivity contribution in [3.63, 3.8) is 0 Å². The Labute approximate surface area is 84.5 Å². The van der Waals surface area contributed by atoms with Gasteiger partial charge in [0.25, 0.3) is 5.78 Å². The number of hydrogen-bond acceptors (Lipinski definition) is 6. The van der Waals surface area contributed by atoms with Gasteiger partial charge >= 0.3 is 5.97 Å². The molecule has 0 heterocycles. The molecular formula is C9H7O6-. The van der Waals surface area contributed by atoms with E-state index in [1.165, 1.54) is 6.92 Å². The minimum absolute atomic E-state index is 0.0474. The fourth-order valence-electron chi connectivity index (χ4n) is 1.11. The summed E-state index contributed by atoms with van der Waals surface area (Å²) in [6.07, 6.45) is -0.640. The first-order chi connectivity index (χ1) is 6.99. The Hall–Kier alpha value is -1.98. The van der Waals surface area contributed by atoms with E-state index in [0.717, 1.165) is 0 Å². The zero-order valence-corrected chi connectivity index (χ0v) is 7.86. The summed E-state index contributed by atoms with van der Waals surface area (Å²) in [6, 6.07) is 0. The van der Waals surface area contributed by atoms with Crippen molar-refractivity contribution < 1.29 is 29.0 Å². The highest BCUT2D eigenvalue weighted by Crippen LogP contribution is 2.16. The summed E-state index contributed by atoms with van der Waals surface area (Å²) in [7, 11) is 0. The van der Waals surface area contributed by atoms with Crippen LogP contribution in [0.1, 0.15) is 13.3 Å². The first-order valence-corrected chi connectivity index (χ1v) is 4.18. The van der Waals surface area contributed by atoms with Crippen molar-refractivity contribution in [2.24, 2.45) is 0 Å². The molecule has 0 atom stereocenters. The van der Waals surface area contributed by atoms with Crippen molar-refractivity contribution in [2.45, 2.75) is 13.3 Å². The number of Topliss-reactive ketones (excluding diaryl/α,β-unsaturated/α-hetero) is 3. The standard InChI is InChI=1S/C9H8O6/c1-2-15-9(14)8(13)6-4(10)3-5(11)7(6)12/h12H,2-3H2,1H3/p-1. The highest BCUT2D eigenvalue weighted by Gasteiger charge is 2.33. The third kappa shape index (κ3) is 1.93. The number of esters is 1. The molecule has 0 aromatic heterocycles. The molecule has 0 radical (unpaired) electrons. The van der Waals surface area contributed by atoms with Gasteiger partial charge in [-0.3, -0.25) is 14.4 Å². The van der Waals surface area contributed by atoms with Gasteiger partial charge in [0, 0.05) is 0 Å². The van der Waals surface area contributed by atoms with Crippen LogP contribution in [0.2, 0.25) is 0 Å². The van der Waals surface area contributed by atoms with Gasteiger partial charge in [-0.05, 0) is 12.7 Å². The van der Waals surface area contributed by atoms with Crippen molar-refractivity contribution in [2.75, 3.05) is 6.61 Å². The Bertz CT molecular complexity index is 389. The van der Waals surface area contributed by atoms with E-state index < -0.39 is 41.1 Å². The number of hydrogen-bond donors (Lipinski definition) is 0. The molecule has 1 aliphatic rings. The van der Waals surface area contributed by atoms with Crippen LogP contribution in [0, 0.1) is 0 Å². The topological polar surface area (TPSA) is 101 Å². The second kappa shape index (κ2) is 4.04. The van der Waals surface area contributed by atoms with Crippen molar-refractivity contribution in [1.82, 2.24) is 0 Å². The predicted molar refractivity (Wildman–Crippen MR) is 43.3 cm³/mol. The van der Waals surface area contributed by atoms with Gasteiger partial charge in [0.05, 0.1) is 18.6 Å². The quantitative estimate of drug-likeness (QED) is 0.238. The van der Waals surface area contributed by atoms with Crippen molar-refractivity contribution >= 4 is 23.3 Å². The van der Waals surface area contributed by atoms with Gasteiger partial charge < -0.3 is 9.84 Å². The fourth-order valence-corrected chi connectivity index (χ4v) is 1.11. The SMILES string of the molecule is CCOC(=O)C(=O)C1=C([O-])C(=O)CC1=O. The van der Waals surface area contributed by atoms with E-state index in [0.29, 0.717) is 0 Å². The van der Waals surface area contributed by atoms with Crippen LogP contribution in [0.5, 0.6) is 0 Å². The highest BCUT2D eigenvalue weighted by atomic mass is 16.5. The average Bonchev–Trinajstić information content (AvgIpc) is 2.41. The Balaban J connectivity index is 2.98. The van der Waals surface area contributed by atoms with E-state index in [-0.39, 0.29) is 6.61 Å². The molecule has 0 unspecified atom stereocenters. The number of rotatable bonds is 3. The summed E-state index contributed by atoms with van der Waals surface area (Å²) >= 11 is 0. The molecule has 80 valence electrons. The molecule has 1 rings (SSSR count). The summed E-state index contributed by atoms with van der Waals surface area (Å²) in [5.41, 5.74) is -0.876. The van der Waals surface area contributed by atoms with Crippen LogP contribution in [0.4, 0.5) is 0 Å². The van der Waals surface area contributed by atoms with Crippen LogP contribution in [-0.2, 0) is 23.9 Å². The number of ether oxygens (including phenoxy) is 1. The van der Waals surface area contributed by atoms with Gasteiger partial charge in [0.2, 0.25) is 0 Å². The molecule has 0 spiro atoms. The monoisotopic (exact) mass is 211 g/mol. The van der Waals surface area contributed by atoms with E-state index in [9.17, 15) is 24.3 Å². The maximum atomic E-state index is 11.2. The minimum atomic E-state index is -1.34. The molecule has 0 aromatic rings. The molecule has 0 amide bonds. The van der Waals surface area contributed by atoms with E-state index in [4.69, 9.17) is 0 Å². The second-order valence-electron chi connectivity index (χ2n) is 2.78. The molecule has 0 aromatic carbocycles. The lowest BCUT2D eigenvalue weighted by Crippen LogP contribution is -2.24. The van der Waals surface area contributed by atoms with Crippen LogP contribution in [0.25, 0.3) is 0 Å². The van der Waals surface area contributed by atoms with Gasteiger partial charge in [-0.25, -0.2) is 4.79 Å². The maximum absolute atomic E-state index is 11.2. The Morgan fingerprint density at radius 3 is 2.33 bits per heavy atom. The largest absolute Gasteiger partial charge is 0.869 e. The van der Waals surface area contributed by atoms with Gasteiger partial charge in [-0.2, -0.15) is 0 Å². The molecule has 0 saturated heterocycles. The summed E-state index contributed by atoms with van der Waals surface area (Å²) in [4.78, 5) is 43.9. The van der Waals surface area contributed by atoms with E-state index in [1.54, 1.807) is 0 Å². The normalized spacial score (nSPS) is 15.8. The molecule has 0 N–H and O–H groups in total. The van der Waals surface area contributed by atoms with Gasteiger partial charge in [0.1, 0.15) is 0 Å². The zero-order valence-electron chi connectivity index (χ0n) is 7.86. The first-order valence-electron chi connectivity index (χ1n) is 4.18. The van der Waals surface area contributed by atoms with Gasteiger partial charge in [0.15, 0.2) is 11.6 Å². The Morgan fingerprint density at radius 1 is 1.33 bits per heavy atom. The molecule has 0 fully saturated rings. The molecule has 0 aliphatic heterocycles. The summed E-state index contributed by atoms with van der Waals surface area (Å²) in [5.74, 6) is -5.70. The highest BCUT2D eigenvalue weighted by molar-refractivity contribution is 6.51. The van der Waals surface area contributed by atoms with Crippen molar-refractivity contribution in [3.8, 4) is 0 Å². The zero-order chi connectivity index (χ0) is 11.6. The van der Waals surface area contributed by atoms with E-state index in [1.807, 2.05) is 0 Å². The van der Waals surface area contributed by atoms with Crippen LogP contribution in [0.15, 0.2) is 11.3 Å². The van der Waals surface area contributed by atoms with Crippen LogP contribution < -0.4 is 5.11 Å². The number of carbonyl (C=O) groups excluding carboxylic acids is 4. The van der Waals surface area contributed by atoms with Crippen LogP contribution >= 0.6 is 0 Å². The van der Waals surface area contributed by atoms with E-state index >= 15 is 0 Å². The van der Waals surface area contributed by atoms with E-state index in [2.05, 4.69) is 4.74 Å². The molecule has 6 nitrogen and oxygen atoms in total. The summed E-state index contributed by atoms with van der Waals surface area (Å²) < 4.78 is 4.32. The van der Waals surface area contributed by atoms with Gasteiger partial charge in [-0.15, -0.1) is 0 Å². The molecule has 15 heavy (non-hydrogen) atoms. The lowest BCUT2D eigenvalue weighted by Gasteiger charge is -2.06. The van der Waals surface area contributed by atoms with Crippen molar-refractivity contribution in [3.05, 3.63) is 11.3 Å². The molecule has 1 aliphatic carbocycles. The first kappa shape index (κ1) is 11.1. The van der Waals surface area contributed by atoms with Crippen LogP contribution in [0.3, 0.4) is 0 Å². The lowest BCUT2D eigenvalue weighted by atomic mass is 10.1. The van der Waals surface area contributed by atoms with Crippen LogP contribution in [-0.4, -0.2) is 29.9 Å². The number of ketones is 3. The maximum Gasteiger partial charge on any atom is 0.379 e. The predicted octanol–water partition coefficient (Wildman–Crippen LogP) is -1.73. The summed E-state index contributed by atoms with van der Waals surface area (Å²) in [5, 5.41) is 11.0. The van der Waals surface area contributed by atoms with Crippen molar-refractivity contribution in [1.29, 1.82) is 0 Å². The third-order valence-electron chi connectivity index (χ3n) is 1.77. The fraction of sp³-hybridized carbons (Fsp3) is 0.333. The van der Waals surface area contributed by atoms with Gasteiger partial charge in [-0.1, -0.05) is 0 Å². The molecule has 0 bridgehead atoms. The Morgan fingerprint density at radius 2 is 1.93 bits per heavy atom. The average molecular weight is 211 g/mol. The number of carbonyl (C=O) groups is 4. The second-order valence-corrected chi connectivity index (χ2v) is 2.78. The molecule has 6 heteroatoms. The third-order valence-corrected chi connectivity index (χ3v) is 1.77. The minimum Gasteiger partial charge on any atom is -0.869 e. The molecular weight excluding hydrogens is 204 g/mol. The lowest BCUT2D eigenvalue weighted by molar-refractivity contribution is -0.298. The summed E-state index contributed by atoms with van der Waals surface area (Å²) in [6.45, 7) is 1.42. The number of allylic oxidation sites excluding steroid dienone is 1. The Kier molecular flexibility index (Phi) is 2.99.